The number of aromatic nitrogens is 2. The van der Waals surface area contributed by atoms with E-state index in [1.165, 1.54) is 38.3 Å². The molecule has 0 aliphatic heterocycles. The van der Waals surface area contributed by atoms with Crippen molar-refractivity contribution in [3.63, 3.8) is 0 Å². The second-order valence-electron chi connectivity index (χ2n) is 6.68. The molecule has 5 rings (SSSR count). The Balaban J connectivity index is 1.88. The van der Waals surface area contributed by atoms with Gasteiger partial charge in [0.05, 0.1) is 34.1 Å². The van der Waals surface area contributed by atoms with Crippen LogP contribution in [0.15, 0.2) is 60.7 Å². The lowest BCUT2D eigenvalue weighted by atomic mass is 10.0. The Morgan fingerprint density at radius 1 is 0.962 bits per heavy atom. The molecule has 1 N–H and O–H groups in total. The number of rotatable bonds is 1. The van der Waals surface area contributed by atoms with Crippen LogP contribution in [0, 0.1) is 6.92 Å². The Bertz CT molecular complexity index is 1420. The number of nitrogens with zero attached hydrogens (tertiary/aromatic N) is 1. The van der Waals surface area contributed by atoms with Crippen LogP contribution in [-0.4, -0.2) is 7.76 Å². The minimum Gasteiger partial charge on any atom is -0.354 e. The van der Waals surface area contributed by atoms with Crippen molar-refractivity contribution in [2.75, 3.05) is 0 Å². The van der Waals surface area contributed by atoms with E-state index in [2.05, 4.69) is 111 Å². The lowest BCUT2D eigenvalue weighted by Crippen LogP contribution is -2.21. The molecule has 0 bridgehead atoms. The second kappa shape index (κ2) is 5.74. The fourth-order valence-corrected chi connectivity index (χ4v) is 4.77. The van der Waals surface area contributed by atoms with Crippen LogP contribution in [0.5, 0.6) is 0 Å². The summed E-state index contributed by atoms with van der Waals surface area (Å²) >= 11 is 2.40. The lowest BCUT2D eigenvalue weighted by molar-refractivity contribution is 1.30. The number of aryl methyl sites for hydroxylation is 1. The van der Waals surface area contributed by atoms with Gasteiger partial charge in [0.25, 0.3) is 0 Å². The first kappa shape index (κ1) is 15.7. The van der Waals surface area contributed by atoms with Crippen LogP contribution in [0.1, 0.15) is 11.3 Å². The Morgan fingerprint density at radius 3 is 2.50 bits per heavy atom. The van der Waals surface area contributed by atoms with E-state index in [4.69, 9.17) is 0 Å². The van der Waals surface area contributed by atoms with Crippen molar-refractivity contribution in [2.45, 2.75) is 6.92 Å². The summed E-state index contributed by atoms with van der Waals surface area (Å²) in [4.78, 5) is 3.51. The number of fused-ring (bicyclic) bond motifs is 4. The minimum atomic E-state index is 1.05. The highest BCUT2D eigenvalue weighted by Crippen LogP contribution is 2.34. The first-order valence-electron chi connectivity index (χ1n) is 8.61. The van der Waals surface area contributed by atoms with Crippen molar-refractivity contribution < 1.29 is 0 Å². The van der Waals surface area contributed by atoms with Crippen LogP contribution >= 0.6 is 22.9 Å². The van der Waals surface area contributed by atoms with Gasteiger partial charge in [-0.1, -0.05) is 55.1 Å². The van der Waals surface area contributed by atoms with E-state index in [-0.39, 0.29) is 0 Å². The normalized spacial score (nSPS) is 12.6. The molecule has 3 heteroatoms. The molecule has 0 amide bonds. The van der Waals surface area contributed by atoms with Gasteiger partial charge in [-0.3, -0.25) is 2.78 Å². The highest BCUT2D eigenvalue weighted by Gasteiger charge is 2.13. The highest BCUT2D eigenvalue weighted by molar-refractivity contribution is 14.1. The summed E-state index contributed by atoms with van der Waals surface area (Å²) in [5, 5.41) is 7.20. The zero-order valence-corrected chi connectivity index (χ0v) is 16.5. The van der Waals surface area contributed by atoms with Crippen LogP contribution in [0.3, 0.4) is 0 Å². The van der Waals surface area contributed by atoms with Crippen molar-refractivity contribution >= 4 is 68.1 Å². The predicted octanol–water partition coefficient (Wildman–Crippen LogP) is 5.02. The van der Waals surface area contributed by atoms with Crippen LogP contribution in [-0.2, 0) is 0 Å². The number of halogens is 1. The van der Waals surface area contributed by atoms with Gasteiger partial charge in [0.2, 0.25) is 0 Å². The molecule has 0 atom stereocenters. The summed E-state index contributed by atoms with van der Waals surface area (Å²) in [5.41, 5.74) is 4.87. The number of nitrogens with one attached hydrogen (secondary N) is 1. The fourth-order valence-electron chi connectivity index (χ4n) is 3.87. The van der Waals surface area contributed by atoms with Crippen molar-refractivity contribution in [3.8, 4) is 0 Å². The van der Waals surface area contributed by atoms with Gasteiger partial charge >= 0.3 is 0 Å². The van der Waals surface area contributed by atoms with E-state index in [0.29, 0.717) is 0 Å². The number of benzene rings is 3. The van der Waals surface area contributed by atoms with Crippen molar-refractivity contribution in [1.29, 1.82) is 0 Å². The predicted molar refractivity (Wildman–Crippen MR) is 120 cm³/mol. The third-order valence-electron chi connectivity index (χ3n) is 5.22. The van der Waals surface area contributed by atoms with E-state index >= 15 is 0 Å². The van der Waals surface area contributed by atoms with E-state index in [0.717, 1.165) is 16.1 Å². The standard InChI is InChI=1S/C23H17IN2/c1-14-17-8-5-6-10-19(17)25-20(14)13-22-15(2)23-18-9-4-3-7-16(18)11-12-21(23)26(22)24/h3-13,25H,1H2,2H3/b20-13+. The second-order valence-corrected chi connectivity index (χ2v) is 7.64. The van der Waals surface area contributed by atoms with Crippen molar-refractivity contribution in [1.82, 2.24) is 7.76 Å². The number of aromatic amines is 1. The molecule has 0 unspecified atom stereocenters. The average Bonchev–Trinajstić information content (AvgIpc) is 3.12. The third-order valence-corrected chi connectivity index (χ3v) is 6.26. The molecule has 0 radical (unpaired) electrons. The number of H-pyrrole nitrogens is 1. The van der Waals surface area contributed by atoms with Crippen molar-refractivity contribution in [3.05, 3.63) is 82.5 Å². The Labute approximate surface area is 164 Å². The lowest BCUT2D eigenvalue weighted by Gasteiger charge is -2.00. The molecule has 0 spiro atoms. The van der Waals surface area contributed by atoms with E-state index in [9.17, 15) is 0 Å². The molecule has 0 aliphatic rings. The summed E-state index contributed by atoms with van der Waals surface area (Å²) < 4.78 is 2.25. The van der Waals surface area contributed by atoms with Gasteiger partial charge in [-0.15, -0.1) is 0 Å². The Kier molecular flexibility index (Phi) is 3.47. The molecular weight excluding hydrogens is 431 g/mol. The van der Waals surface area contributed by atoms with Gasteiger partial charge < -0.3 is 4.98 Å². The minimum absolute atomic E-state index is 1.05. The van der Waals surface area contributed by atoms with Gasteiger partial charge in [0.15, 0.2) is 0 Å². The van der Waals surface area contributed by atoms with E-state index in [1.54, 1.807) is 0 Å². The molecule has 3 aromatic carbocycles. The topological polar surface area (TPSA) is 20.7 Å². The van der Waals surface area contributed by atoms with E-state index < -0.39 is 0 Å². The van der Waals surface area contributed by atoms with Gasteiger partial charge in [-0.2, -0.15) is 0 Å². The molecule has 2 aromatic heterocycles. The smallest absolute Gasteiger partial charge is 0.0646 e. The summed E-state index contributed by atoms with van der Waals surface area (Å²) in [6.07, 6.45) is 2.22. The molecular formula is C23H17IN2. The monoisotopic (exact) mass is 448 g/mol. The molecule has 26 heavy (non-hydrogen) atoms. The molecule has 0 saturated carbocycles. The summed E-state index contributed by atoms with van der Waals surface area (Å²) in [6.45, 7) is 6.50. The largest absolute Gasteiger partial charge is 0.354 e. The molecule has 5 aromatic rings. The number of hydrogen-bond donors (Lipinski definition) is 1. The SMILES string of the molecule is C=c1/c(=C\c2c(C)c3c4ccccc4ccc3n2I)[nH]c2ccccc12. The van der Waals surface area contributed by atoms with E-state index in [1.807, 2.05) is 0 Å². The highest BCUT2D eigenvalue weighted by atomic mass is 127. The van der Waals surface area contributed by atoms with Crippen LogP contribution in [0.2, 0.25) is 0 Å². The third kappa shape index (κ3) is 2.16. The van der Waals surface area contributed by atoms with Gasteiger partial charge in [0.1, 0.15) is 0 Å². The molecule has 0 fully saturated rings. The fraction of sp³-hybridized carbons (Fsp3) is 0.0435. The summed E-state index contributed by atoms with van der Waals surface area (Å²) in [7, 11) is 0. The summed E-state index contributed by atoms with van der Waals surface area (Å²) in [6, 6.07) is 21.3. The van der Waals surface area contributed by atoms with Gasteiger partial charge in [-0.05, 0) is 41.5 Å². The Morgan fingerprint density at radius 2 is 1.69 bits per heavy atom. The number of hydrogen-bond acceptors (Lipinski definition) is 0. The molecule has 0 saturated heterocycles. The van der Waals surface area contributed by atoms with Gasteiger partial charge in [0, 0.05) is 26.9 Å². The summed E-state index contributed by atoms with van der Waals surface area (Å²) in [5.74, 6) is 0. The first-order chi connectivity index (χ1) is 12.6. The zero-order chi connectivity index (χ0) is 17.8. The molecule has 126 valence electrons. The number of para-hydroxylation sites is 1. The average molecular weight is 448 g/mol. The maximum Gasteiger partial charge on any atom is 0.0646 e. The van der Waals surface area contributed by atoms with Crippen LogP contribution in [0.4, 0.5) is 0 Å². The first-order valence-corrected chi connectivity index (χ1v) is 9.58. The van der Waals surface area contributed by atoms with Gasteiger partial charge in [-0.25, -0.2) is 0 Å². The zero-order valence-electron chi connectivity index (χ0n) is 14.4. The quantitative estimate of drug-likeness (QED) is 0.348. The Hall–Kier alpha value is -2.53. The van der Waals surface area contributed by atoms with Crippen molar-refractivity contribution in [2.24, 2.45) is 0 Å². The maximum absolute atomic E-state index is 4.29. The molecule has 2 heterocycles. The molecule has 0 aliphatic carbocycles. The molecule has 2 nitrogen and oxygen atoms in total. The van der Waals surface area contributed by atoms with Crippen LogP contribution < -0.4 is 10.6 Å². The maximum atomic E-state index is 4.29. The van der Waals surface area contributed by atoms with Crippen LogP contribution in [0.25, 0.3) is 45.2 Å².